The minimum absolute atomic E-state index is 0.0520. The first kappa shape index (κ1) is 12.4. The first-order valence-electron chi connectivity index (χ1n) is 6.34. The van der Waals surface area contributed by atoms with Crippen molar-refractivity contribution in [2.24, 2.45) is 5.92 Å². The Labute approximate surface area is 101 Å². The number of carbonyl (C=O) groups is 2. The Morgan fingerprint density at radius 2 is 2.06 bits per heavy atom. The van der Waals surface area contributed by atoms with Crippen molar-refractivity contribution in [2.45, 2.75) is 44.7 Å². The van der Waals surface area contributed by atoms with Gasteiger partial charge in [0.2, 0.25) is 5.91 Å². The summed E-state index contributed by atoms with van der Waals surface area (Å²) in [6.07, 6.45) is 3.49. The number of aliphatic carboxylic acids is 1. The van der Waals surface area contributed by atoms with Gasteiger partial charge in [-0.1, -0.05) is 6.92 Å². The third-order valence-corrected chi connectivity index (χ3v) is 3.63. The van der Waals surface area contributed by atoms with Crippen LogP contribution in [-0.4, -0.2) is 47.1 Å². The summed E-state index contributed by atoms with van der Waals surface area (Å²) in [6.45, 7) is 3.30. The number of hydrogen-bond acceptors (Lipinski definition) is 3. The monoisotopic (exact) mass is 240 g/mol. The van der Waals surface area contributed by atoms with Crippen LogP contribution < -0.4 is 5.32 Å². The molecule has 2 fully saturated rings. The van der Waals surface area contributed by atoms with Gasteiger partial charge in [-0.25, -0.2) is 0 Å². The number of carboxylic acid groups (broad SMARTS) is 1. The van der Waals surface area contributed by atoms with E-state index in [1.54, 1.807) is 0 Å². The number of likely N-dealkylation sites (tertiary alicyclic amines) is 1. The molecule has 2 atom stereocenters. The topological polar surface area (TPSA) is 69.6 Å². The summed E-state index contributed by atoms with van der Waals surface area (Å²) >= 11 is 0. The molecule has 1 saturated carbocycles. The van der Waals surface area contributed by atoms with E-state index in [-0.39, 0.29) is 11.8 Å². The lowest BCUT2D eigenvalue weighted by Crippen LogP contribution is -2.41. The maximum Gasteiger partial charge on any atom is 0.321 e. The van der Waals surface area contributed by atoms with E-state index in [2.05, 4.69) is 5.32 Å². The van der Waals surface area contributed by atoms with E-state index >= 15 is 0 Å². The molecular formula is C12H20N2O3. The molecule has 2 aliphatic rings. The SMILES string of the molecule is CC1CCN(CCC(=O)NC2CC2)C1C(=O)O. The van der Waals surface area contributed by atoms with Crippen molar-refractivity contribution in [1.29, 1.82) is 0 Å². The van der Waals surface area contributed by atoms with Crippen molar-refractivity contribution in [1.82, 2.24) is 10.2 Å². The summed E-state index contributed by atoms with van der Waals surface area (Å²) in [6, 6.07) is -0.0287. The van der Waals surface area contributed by atoms with Crippen LogP contribution >= 0.6 is 0 Å². The van der Waals surface area contributed by atoms with Crippen LogP contribution in [0.4, 0.5) is 0 Å². The largest absolute Gasteiger partial charge is 0.480 e. The maximum atomic E-state index is 11.5. The predicted octanol–water partition coefficient (Wildman–Crippen LogP) is 0.450. The highest BCUT2D eigenvalue weighted by molar-refractivity contribution is 5.77. The van der Waals surface area contributed by atoms with E-state index in [0.717, 1.165) is 25.8 Å². The molecule has 0 bridgehead atoms. The Kier molecular flexibility index (Phi) is 3.66. The molecule has 1 saturated heterocycles. The van der Waals surface area contributed by atoms with Gasteiger partial charge in [-0.15, -0.1) is 0 Å². The Morgan fingerprint density at radius 1 is 1.35 bits per heavy atom. The number of nitrogens with one attached hydrogen (secondary N) is 1. The summed E-state index contributed by atoms with van der Waals surface area (Å²) in [5, 5.41) is 12.1. The van der Waals surface area contributed by atoms with Crippen LogP contribution in [0, 0.1) is 5.92 Å². The number of rotatable bonds is 5. The van der Waals surface area contributed by atoms with Crippen LogP contribution in [0.15, 0.2) is 0 Å². The molecule has 0 spiro atoms. The van der Waals surface area contributed by atoms with Crippen molar-refractivity contribution >= 4 is 11.9 Å². The van der Waals surface area contributed by atoms with Crippen LogP contribution in [0.1, 0.15) is 32.6 Å². The molecule has 0 radical (unpaired) electrons. The lowest BCUT2D eigenvalue weighted by Gasteiger charge is -2.22. The number of carboxylic acids is 1. The van der Waals surface area contributed by atoms with Gasteiger partial charge in [0.1, 0.15) is 6.04 Å². The van der Waals surface area contributed by atoms with Gasteiger partial charge in [0.05, 0.1) is 0 Å². The molecule has 1 aliphatic heterocycles. The van der Waals surface area contributed by atoms with E-state index in [4.69, 9.17) is 5.11 Å². The summed E-state index contributed by atoms with van der Waals surface area (Å²) in [5.41, 5.74) is 0. The lowest BCUT2D eigenvalue weighted by atomic mass is 10.0. The molecule has 0 aromatic carbocycles. The second-order valence-electron chi connectivity index (χ2n) is 5.18. The van der Waals surface area contributed by atoms with Gasteiger partial charge in [-0.2, -0.15) is 0 Å². The average Bonchev–Trinajstić information content (AvgIpc) is 2.97. The van der Waals surface area contributed by atoms with Crippen molar-refractivity contribution < 1.29 is 14.7 Å². The van der Waals surface area contributed by atoms with Gasteiger partial charge in [-0.3, -0.25) is 14.5 Å². The second-order valence-corrected chi connectivity index (χ2v) is 5.18. The summed E-state index contributed by atoms with van der Waals surface area (Å²) < 4.78 is 0. The Hall–Kier alpha value is -1.10. The minimum atomic E-state index is -0.766. The molecule has 1 aliphatic carbocycles. The molecule has 1 amide bonds. The molecule has 17 heavy (non-hydrogen) atoms. The van der Waals surface area contributed by atoms with E-state index in [1.807, 2.05) is 11.8 Å². The first-order chi connectivity index (χ1) is 8.08. The Bertz CT molecular complexity index is 315. The fourth-order valence-corrected chi connectivity index (χ4v) is 2.45. The minimum Gasteiger partial charge on any atom is -0.480 e. The van der Waals surface area contributed by atoms with E-state index in [9.17, 15) is 9.59 Å². The normalized spacial score (nSPS) is 29.2. The molecule has 2 rings (SSSR count). The highest BCUT2D eigenvalue weighted by Gasteiger charge is 2.36. The van der Waals surface area contributed by atoms with Gasteiger partial charge in [0, 0.05) is 19.0 Å². The zero-order chi connectivity index (χ0) is 12.4. The number of hydrogen-bond donors (Lipinski definition) is 2. The zero-order valence-corrected chi connectivity index (χ0v) is 10.2. The number of carbonyl (C=O) groups excluding carboxylic acids is 1. The standard InChI is InChI=1S/C12H20N2O3/c1-8-4-6-14(11(8)12(16)17)7-5-10(15)13-9-2-3-9/h8-9,11H,2-7H2,1H3,(H,13,15)(H,16,17). The fourth-order valence-electron chi connectivity index (χ4n) is 2.45. The molecule has 5 nitrogen and oxygen atoms in total. The van der Waals surface area contributed by atoms with Crippen LogP contribution in [0.5, 0.6) is 0 Å². The van der Waals surface area contributed by atoms with Crippen molar-refractivity contribution in [3.8, 4) is 0 Å². The smallest absolute Gasteiger partial charge is 0.321 e. The van der Waals surface area contributed by atoms with Gasteiger partial charge in [0.15, 0.2) is 0 Å². The molecule has 0 aromatic rings. The maximum absolute atomic E-state index is 11.5. The average molecular weight is 240 g/mol. The Morgan fingerprint density at radius 3 is 2.65 bits per heavy atom. The van der Waals surface area contributed by atoms with Gasteiger partial charge in [-0.05, 0) is 31.7 Å². The summed E-state index contributed by atoms with van der Waals surface area (Å²) in [7, 11) is 0. The van der Waals surface area contributed by atoms with Crippen LogP contribution in [0.3, 0.4) is 0 Å². The highest BCUT2D eigenvalue weighted by atomic mass is 16.4. The van der Waals surface area contributed by atoms with E-state index in [1.165, 1.54) is 0 Å². The van der Waals surface area contributed by atoms with Gasteiger partial charge in [0.25, 0.3) is 0 Å². The highest BCUT2D eigenvalue weighted by Crippen LogP contribution is 2.24. The molecule has 1 heterocycles. The third-order valence-electron chi connectivity index (χ3n) is 3.63. The Balaban J connectivity index is 1.77. The molecule has 5 heteroatoms. The first-order valence-corrected chi connectivity index (χ1v) is 6.34. The molecule has 2 unspecified atom stereocenters. The van der Waals surface area contributed by atoms with E-state index < -0.39 is 12.0 Å². The quantitative estimate of drug-likeness (QED) is 0.732. The van der Waals surface area contributed by atoms with Crippen molar-refractivity contribution in [3.63, 3.8) is 0 Å². The van der Waals surface area contributed by atoms with E-state index in [0.29, 0.717) is 19.0 Å². The van der Waals surface area contributed by atoms with Gasteiger partial charge < -0.3 is 10.4 Å². The fraction of sp³-hybridized carbons (Fsp3) is 0.833. The predicted molar refractivity (Wildman–Crippen MR) is 62.6 cm³/mol. The summed E-state index contributed by atoms with van der Waals surface area (Å²) in [4.78, 5) is 24.6. The van der Waals surface area contributed by atoms with Crippen LogP contribution in [0.25, 0.3) is 0 Å². The number of nitrogens with zero attached hydrogens (tertiary/aromatic N) is 1. The van der Waals surface area contributed by atoms with Crippen LogP contribution in [0.2, 0.25) is 0 Å². The molecular weight excluding hydrogens is 220 g/mol. The number of amides is 1. The summed E-state index contributed by atoms with van der Waals surface area (Å²) in [5.74, 6) is -0.534. The zero-order valence-electron chi connectivity index (χ0n) is 10.2. The molecule has 96 valence electrons. The molecule has 2 N–H and O–H groups in total. The third kappa shape index (κ3) is 3.19. The van der Waals surface area contributed by atoms with Gasteiger partial charge >= 0.3 is 5.97 Å². The lowest BCUT2D eigenvalue weighted by molar-refractivity contribution is -0.143. The van der Waals surface area contributed by atoms with Crippen LogP contribution in [-0.2, 0) is 9.59 Å². The molecule has 0 aromatic heterocycles. The van der Waals surface area contributed by atoms with Crippen molar-refractivity contribution in [3.05, 3.63) is 0 Å². The van der Waals surface area contributed by atoms with Crippen molar-refractivity contribution in [2.75, 3.05) is 13.1 Å². The second kappa shape index (κ2) is 5.04.